The smallest absolute Gasteiger partial charge is 0.272 e. The van der Waals surface area contributed by atoms with Crippen molar-refractivity contribution in [3.05, 3.63) is 95.3 Å². The molecule has 0 saturated heterocycles. The fourth-order valence-electron chi connectivity index (χ4n) is 3.01. The van der Waals surface area contributed by atoms with Crippen LogP contribution in [0.1, 0.15) is 45.8 Å². The number of pyridine rings is 1. The van der Waals surface area contributed by atoms with Gasteiger partial charge < -0.3 is 10.2 Å². The van der Waals surface area contributed by atoms with Crippen LogP contribution in [0.5, 0.6) is 0 Å². The van der Waals surface area contributed by atoms with E-state index in [1.54, 1.807) is 17.0 Å². The summed E-state index contributed by atoms with van der Waals surface area (Å²) in [7, 11) is 0. The van der Waals surface area contributed by atoms with Crippen LogP contribution in [-0.2, 0) is 6.54 Å². The minimum atomic E-state index is -0.269. The molecule has 2 amide bonds. The quantitative estimate of drug-likeness (QED) is 0.667. The van der Waals surface area contributed by atoms with Crippen LogP contribution in [0, 0.1) is 6.92 Å². The van der Waals surface area contributed by atoms with E-state index in [2.05, 4.69) is 10.3 Å². The first-order valence-corrected chi connectivity index (χ1v) is 9.63. The van der Waals surface area contributed by atoms with Crippen molar-refractivity contribution in [3.8, 4) is 0 Å². The predicted molar refractivity (Wildman–Crippen MR) is 115 cm³/mol. The topological polar surface area (TPSA) is 62.3 Å². The third-order valence-electron chi connectivity index (χ3n) is 4.71. The Labute approximate surface area is 171 Å². The molecular weight excluding hydrogens is 362 g/mol. The number of aryl methyl sites for hydroxylation is 1. The molecule has 1 N–H and O–H groups in total. The first kappa shape index (κ1) is 20.3. The van der Waals surface area contributed by atoms with E-state index < -0.39 is 0 Å². The van der Waals surface area contributed by atoms with Gasteiger partial charge in [-0.1, -0.05) is 48.5 Å². The molecule has 5 heteroatoms. The van der Waals surface area contributed by atoms with Crippen LogP contribution in [0.15, 0.2) is 72.9 Å². The van der Waals surface area contributed by atoms with E-state index in [4.69, 9.17) is 0 Å². The van der Waals surface area contributed by atoms with Gasteiger partial charge in [0.25, 0.3) is 11.8 Å². The summed E-state index contributed by atoms with van der Waals surface area (Å²) in [5, 5.41) is 2.89. The van der Waals surface area contributed by atoms with Gasteiger partial charge in [-0.25, -0.2) is 0 Å². The summed E-state index contributed by atoms with van der Waals surface area (Å²) in [4.78, 5) is 31.8. The van der Waals surface area contributed by atoms with Crippen LogP contribution < -0.4 is 5.32 Å². The molecule has 3 aromatic rings. The number of carbonyl (C=O) groups is 2. The van der Waals surface area contributed by atoms with Crippen molar-refractivity contribution in [2.75, 3.05) is 5.32 Å². The van der Waals surface area contributed by atoms with Crippen molar-refractivity contribution >= 4 is 17.5 Å². The molecule has 0 radical (unpaired) electrons. The van der Waals surface area contributed by atoms with Gasteiger partial charge in [-0.3, -0.25) is 14.6 Å². The highest BCUT2D eigenvalue weighted by Gasteiger charge is 2.21. The molecule has 29 heavy (non-hydrogen) atoms. The average molecular weight is 387 g/mol. The predicted octanol–water partition coefficient (Wildman–Crippen LogP) is 4.69. The summed E-state index contributed by atoms with van der Waals surface area (Å²) in [5.74, 6) is -0.468. The number of hydrogen-bond donors (Lipinski definition) is 1. The molecule has 0 aliphatic carbocycles. The molecule has 0 aliphatic rings. The summed E-state index contributed by atoms with van der Waals surface area (Å²) in [6.07, 6.45) is 1.50. The van der Waals surface area contributed by atoms with E-state index in [1.807, 2.05) is 75.4 Å². The molecule has 0 bridgehead atoms. The van der Waals surface area contributed by atoms with Crippen LogP contribution in [0.25, 0.3) is 0 Å². The fraction of sp³-hybridized carbons (Fsp3) is 0.208. The largest absolute Gasteiger partial charge is 0.331 e. The van der Waals surface area contributed by atoms with Crippen molar-refractivity contribution in [3.63, 3.8) is 0 Å². The van der Waals surface area contributed by atoms with Crippen LogP contribution in [0.2, 0.25) is 0 Å². The maximum Gasteiger partial charge on any atom is 0.272 e. The van der Waals surface area contributed by atoms with Gasteiger partial charge in [0, 0.05) is 30.0 Å². The highest BCUT2D eigenvalue weighted by atomic mass is 16.2. The summed E-state index contributed by atoms with van der Waals surface area (Å²) in [6, 6.07) is 20.6. The molecule has 0 atom stereocenters. The Morgan fingerprint density at radius 1 is 1.00 bits per heavy atom. The number of amides is 2. The number of nitrogens with one attached hydrogen (secondary N) is 1. The number of anilines is 1. The maximum atomic E-state index is 13.1. The van der Waals surface area contributed by atoms with E-state index >= 15 is 0 Å². The number of nitrogens with zero attached hydrogens (tertiary/aromatic N) is 2. The third kappa shape index (κ3) is 5.08. The molecule has 0 saturated carbocycles. The molecule has 0 unspecified atom stereocenters. The second-order valence-electron chi connectivity index (χ2n) is 7.21. The van der Waals surface area contributed by atoms with Gasteiger partial charge in [0.05, 0.1) is 0 Å². The van der Waals surface area contributed by atoms with Crippen molar-refractivity contribution in [1.29, 1.82) is 0 Å². The minimum absolute atomic E-state index is 0.00560. The SMILES string of the molecule is Cc1ccccc1NC(=O)c1ccnc(C(=O)N(Cc2ccccc2)C(C)C)c1. The Balaban J connectivity index is 1.80. The zero-order valence-electron chi connectivity index (χ0n) is 16.9. The van der Waals surface area contributed by atoms with Crippen LogP contribution in [-0.4, -0.2) is 27.7 Å². The fourth-order valence-corrected chi connectivity index (χ4v) is 3.01. The monoisotopic (exact) mass is 387 g/mol. The Hall–Kier alpha value is -3.47. The molecule has 0 spiro atoms. The van der Waals surface area contributed by atoms with Crippen molar-refractivity contribution in [2.24, 2.45) is 0 Å². The summed E-state index contributed by atoms with van der Waals surface area (Å²) in [5.41, 5.74) is 3.42. The van der Waals surface area contributed by atoms with E-state index in [0.717, 1.165) is 16.8 Å². The first-order valence-electron chi connectivity index (χ1n) is 9.63. The molecule has 0 aliphatic heterocycles. The van der Waals surface area contributed by atoms with Crippen LogP contribution in [0.4, 0.5) is 5.69 Å². The Morgan fingerprint density at radius 3 is 2.38 bits per heavy atom. The minimum Gasteiger partial charge on any atom is -0.331 e. The van der Waals surface area contributed by atoms with Gasteiger partial charge >= 0.3 is 0 Å². The Bertz CT molecular complexity index is 1000. The number of rotatable bonds is 6. The van der Waals surface area contributed by atoms with E-state index in [1.165, 1.54) is 6.20 Å². The van der Waals surface area contributed by atoms with Gasteiger partial charge in [-0.2, -0.15) is 0 Å². The Morgan fingerprint density at radius 2 is 1.69 bits per heavy atom. The normalized spacial score (nSPS) is 10.6. The lowest BCUT2D eigenvalue weighted by atomic mass is 10.1. The standard InChI is InChI=1S/C24H25N3O2/c1-17(2)27(16-19-10-5-4-6-11-19)24(29)22-15-20(13-14-25-22)23(28)26-21-12-8-7-9-18(21)3/h4-15,17H,16H2,1-3H3,(H,26,28). The van der Waals surface area contributed by atoms with E-state index in [9.17, 15) is 9.59 Å². The molecular formula is C24H25N3O2. The first-order chi connectivity index (χ1) is 14.0. The molecule has 1 heterocycles. The molecule has 3 rings (SSSR count). The lowest BCUT2D eigenvalue weighted by molar-refractivity contribution is 0.0684. The summed E-state index contributed by atoms with van der Waals surface area (Å²) >= 11 is 0. The number of aromatic nitrogens is 1. The van der Waals surface area contributed by atoms with Crippen molar-refractivity contribution in [1.82, 2.24) is 9.88 Å². The highest BCUT2D eigenvalue weighted by molar-refractivity contribution is 6.06. The molecule has 0 fully saturated rings. The maximum absolute atomic E-state index is 13.1. The van der Waals surface area contributed by atoms with Crippen LogP contribution >= 0.6 is 0 Å². The number of benzene rings is 2. The Kier molecular flexibility index (Phi) is 6.39. The number of para-hydroxylation sites is 1. The molecule has 148 valence electrons. The van der Waals surface area contributed by atoms with Crippen molar-refractivity contribution in [2.45, 2.75) is 33.4 Å². The second kappa shape index (κ2) is 9.15. The zero-order valence-corrected chi connectivity index (χ0v) is 16.9. The van der Waals surface area contributed by atoms with E-state index in [0.29, 0.717) is 12.1 Å². The van der Waals surface area contributed by atoms with E-state index in [-0.39, 0.29) is 23.6 Å². The average Bonchev–Trinajstić information content (AvgIpc) is 2.74. The van der Waals surface area contributed by atoms with Gasteiger partial charge in [0.15, 0.2) is 0 Å². The van der Waals surface area contributed by atoms with Crippen molar-refractivity contribution < 1.29 is 9.59 Å². The lowest BCUT2D eigenvalue weighted by Crippen LogP contribution is -2.37. The van der Waals surface area contributed by atoms with Gasteiger partial charge in [-0.05, 0) is 50.1 Å². The summed E-state index contributed by atoms with van der Waals surface area (Å²) in [6.45, 7) is 6.35. The van der Waals surface area contributed by atoms with Gasteiger partial charge in [0.2, 0.25) is 0 Å². The van der Waals surface area contributed by atoms with Crippen LogP contribution in [0.3, 0.4) is 0 Å². The molecule has 5 nitrogen and oxygen atoms in total. The zero-order chi connectivity index (χ0) is 20.8. The van der Waals surface area contributed by atoms with Gasteiger partial charge in [-0.15, -0.1) is 0 Å². The molecule has 2 aromatic carbocycles. The second-order valence-corrected chi connectivity index (χ2v) is 7.21. The molecule has 1 aromatic heterocycles. The summed E-state index contributed by atoms with van der Waals surface area (Å²) < 4.78 is 0. The lowest BCUT2D eigenvalue weighted by Gasteiger charge is -2.26. The number of carbonyl (C=O) groups excluding carboxylic acids is 2. The number of hydrogen-bond acceptors (Lipinski definition) is 3. The third-order valence-corrected chi connectivity index (χ3v) is 4.71. The highest BCUT2D eigenvalue weighted by Crippen LogP contribution is 2.16. The van der Waals surface area contributed by atoms with Gasteiger partial charge in [0.1, 0.15) is 5.69 Å².